The highest BCUT2D eigenvalue weighted by atomic mass is 32.2. The minimum atomic E-state index is -4.39. The predicted molar refractivity (Wildman–Crippen MR) is 142 cm³/mol. The van der Waals surface area contributed by atoms with Crippen LogP contribution in [0.1, 0.15) is 5.56 Å². The molecule has 0 radical (unpaired) electrons. The Morgan fingerprint density at radius 1 is 1.00 bits per heavy atom. The molecule has 3 heterocycles. The number of hydrogen-bond acceptors (Lipinski definition) is 8. The molecular weight excluding hydrogens is 519 g/mol. The van der Waals surface area contributed by atoms with Crippen molar-refractivity contribution in [1.82, 2.24) is 15.0 Å². The molecule has 0 spiro atoms. The van der Waals surface area contributed by atoms with E-state index in [1.165, 1.54) is 23.9 Å². The van der Waals surface area contributed by atoms with Gasteiger partial charge >= 0.3 is 11.9 Å². The largest absolute Gasteiger partial charge is 0.416 e. The van der Waals surface area contributed by atoms with Gasteiger partial charge in [-0.25, -0.2) is 9.97 Å². The van der Waals surface area contributed by atoms with Crippen molar-refractivity contribution < 1.29 is 18.1 Å². The van der Waals surface area contributed by atoms with Crippen LogP contribution in [0.3, 0.4) is 0 Å². The Bertz CT molecular complexity index is 1410. The number of thioether (sulfide) groups is 1. The highest BCUT2D eigenvalue weighted by molar-refractivity contribution is 7.99. The van der Waals surface area contributed by atoms with Crippen molar-refractivity contribution in [2.75, 3.05) is 53.6 Å². The van der Waals surface area contributed by atoms with Crippen LogP contribution in [0.25, 0.3) is 11.0 Å². The Balaban J connectivity index is 1.21. The average molecular weight is 544 g/mol. The SMILES string of the molecule is O=[N+]([O-])c1ccc(N2CCN(c3cccc(C(F)(F)F)c3)CC2)nc1NCCSc1nc2ccccc2[nH]1. The first-order chi connectivity index (χ1) is 18.3. The highest BCUT2D eigenvalue weighted by Crippen LogP contribution is 2.32. The van der Waals surface area contributed by atoms with Crippen molar-refractivity contribution in [3.63, 3.8) is 0 Å². The van der Waals surface area contributed by atoms with Gasteiger partial charge in [0.1, 0.15) is 5.82 Å². The maximum absolute atomic E-state index is 13.1. The topological polar surface area (TPSA) is 103 Å². The van der Waals surface area contributed by atoms with Crippen molar-refractivity contribution in [2.45, 2.75) is 11.3 Å². The number of nitrogens with one attached hydrogen (secondary N) is 2. The van der Waals surface area contributed by atoms with E-state index in [0.29, 0.717) is 50.0 Å². The number of alkyl halides is 3. The zero-order valence-electron chi connectivity index (χ0n) is 20.1. The molecule has 2 N–H and O–H groups in total. The van der Waals surface area contributed by atoms with Crippen LogP contribution in [0.15, 0.2) is 65.8 Å². The summed E-state index contributed by atoms with van der Waals surface area (Å²) in [4.78, 5) is 27.2. The van der Waals surface area contributed by atoms with E-state index < -0.39 is 16.7 Å². The molecule has 13 heteroatoms. The van der Waals surface area contributed by atoms with Crippen LogP contribution in [0.2, 0.25) is 0 Å². The first-order valence-corrected chi connectivity index (χ1v) is 12.9. The molecule has 0 atom stereocenters. The van der Waals surface area contributed by atoms with Gasteiger partial charge in [-0.3, -0.25) is 10.1 Å². The van der Waals surface area contributed by atoms with E-state index in [2.05, 4.69) is 20.3 Å². The number of hydrogen-bond donors (Lipinski definition) is 2. The summed E-state index contributed by atoms with van der Waals surface area (Å²) in [5, 5.41) is 15.4. The number of para-hydroxylation sites is 2. The molecule has 0 unspecified atom stereocenters. The molecule has 2 aromatic heterocycles. The summed E-state index contributed by atoms with van der Waals surface area (Å²) in [5.74, 6) is 1.36. The predicted octanol–water partition coefficient (Wildman–Crippen LogP) is 5.42. The van der Waals surface area contributed by atoms with Crippen LogP contribution < -0.4 is 15.1 Å². The average Bonchev–Trinajstić information content (AvgIpc) is 3.33. The molecule has 1 aliphatic heterocycles. The Kier molecular flexibility index (Phi) is 7.27. The Hall–Kier alpha value is -4.00. The van der Waals surface area contributed by atoms with Gasteiger partial charge in [-0.2, -0.15) is 13.2 Å². The summed E-state index contributed by atoms with van der Waals surface area (Å²) in [6, 6.07) is 16.0. The van der Waals surface area contributed by atoms with Crippen LogP contribution in [-0.2, 0) is 6.18 Å². The minimum absolute atomic E-state index is 0.120. The molecule has 0 saturated carbocycles. The molecule has 198 valence electrons. The van der Waals surface area contributed by atoms with E-state index in [1.807, 2.05) is 34.1 Å². The van der Waals surface area contributed by atoms with Crippen LogP contribution in [0, 0.1) is 10.1 Å². The quantitative estimate of drug-likeness (QED) is 0.132. The Morgan fingerprint density at radius 2 is 1.76 bits per heavy atom. The second-order valence-corrected chi connectivity index (χ2v) is 9.73. The molecule has 1 aliphatic rings. The molecule has 5 rings (SSSR count). The number of halogens is 3. The van der Waals surface area contributed by atoms with Gasteiger partial charge in [0, 0.05) is 50.2 Å². The Morgan fingerprint density at radius 3 is 2.50 bits per heavy atom. The van der Waals surface area contributed by atoms with E-state index in [-0.39, 0.29) is 11.5 Å². The smallest absolute Gasteiger partial charge is 0.368 e. The molecule has 38 heavy (non-hydrogen) atoms. The summed E-state index contributed by atoms with van der Waals surface area (Å²) < 4.78 is 39.3. The van der Waals surface area contributed by atoms with Gasteiger partial charge < -0.3 is 20.1 Å². The standard InChI is InChI=1S/C25H24F3N7O2S/c26-25(27,28)17-4-3-5-18(16-17)33-11-13-34(14-12-33)22-9-8-21(35(36)37)23(32-22)29-10-15-38-24-30-19-6-1-2-7-20(19)31-24/h1-9,16H,10-15H2,(H,29,32)(H,30,31). The third-order valence-electron chi connectivity index (χ3n) is 6.20. The molecule has 9 nitrogen and oxygen atoms in total. The molecule has 4 aromatic rings. The van der Waals surface area contributed by atoms with Gasteiger partial charge in [0.05, 0.1) is 21.5 Å². The Labute approximate surface area is 220 Å². The second kappa shape index (κ2) is 10.8. The summed E-state index contributed by atoms with van der Waals surface area (Å²) >= 11 is 1.50. The van der Waals surface area contributed by atoms with Crippen molar-refractivity contribution in [2.24, 2.45) is 0 Å². The van der Waals surface area contributed by atoms with E-state index >= 15 is 0 Å². The molecule has 1 saturated heterocycles. The third kappa shape index (κ3) is 5.77. The molecular formula is C25H24F3N7O2S. The number of benzene rings is 2. The number of aromatic nitrogens is 3. The van der Waals surface area contributed by atoms with Gasteiger partial charge in [0.2, 0.25) is 5.82 Å². The fraction of sp³-hybridized carbons (Fsp3) is 0.280. The number of anilines is 3. The van der Waals surface area contributed by atoms with Crippen LogP contribution >= 0.6 is 11.8 Å². The first-order valence-electron chi connectivity index (χ1n) is 11.9. The number of aromatic amines is 1. The fourth-order valence-electron chi connectivity index (χ4n) is 4.28. The second-order valence-electron chi connectivity index (χ2n) is 8.65. The highest BCUT2D eigenvalue weighted by Gasteiger charge is 2.31. The maximum atomic E-state index is 13.1. The van der Waals surface area contributed by atoms with E-state index in [9.17, 15) is 23.3 Å². The number of piperazine rings is 1. The normalized spacial score (nSPS) is 14.2. The zero-order chi connectivity index (χ0) is 26.7. The maximum Gasteiger partial charge on any atom is 0.416 e. The lowest BCUT2D eigenvalue weighted by Gasteiger charge is -2.37. The van der Waals surface area contributed by atoms with Gasteiger partial charge in [0.15, 0.2) is 5.16 Å². The van der Waals surface area contributed by atoms with E-state index in [0.717, 1.165) is 28.3 Å². The van der Waals surface area contributed by atoms with Crippen molar-refractivity contribution in [3.8, 4) is 0 Å². The van der Waals surface area contributed by atoms with Gasteiger partial charge in [-0.05, 0) is 36.4 Å². The molecule has 2 aromatic carbocycles. The summed E-state index contributed by atoms with van der Waals surface area (Å²) in [7, 11) is 0. The van der Waals surface area contributed by atoms with Crippen molar-refractivity contribution in [1.29, 1.82) is 0 Å². The van der Waals surface area contributed by atoms with Crippen molar-refractivity contribution in [3.05, 3.63) is 76.3 Å². The number of H-pyrrole nitrogens is 1. The van der Waals surface area contributed by atoms with E-state index in [1.54, 1.807) is 12.1 Å². The fourth-order valence-corrected chi connectivity index (χ4v) is 5.03. The lowest BCUT2D eigenvalue weighted by molar-refractivity contribution is -0.384. The van der Waals surface area contributed by atoms with Crippen LogP contribution in [0.5, 0.6) is 0 Å². The van der Waals surface area contributed by atoms with Crippen LogP contribution in [0.4, 0.5) is 36.2 Å². The number of nitro groups is 1. The molecule has 0 amide bonds. The number of imidazole rings is 1. The lowest BCUT2D eigenvalue weighted by atomic mass is 10.1. The molecule has 0 aliphatic carbocycles. The summed E-state index contributed by atoms with van der Waals surface area (Å²) in [6.07, 6.45) is -4.39. The van der Waals surface area contributed by atoms with Crippen LogP contribution in [-0.4, -0.2) is 58.4 Å². The summed E-state index contributed by atoms with van der Waals surface area (Å²) in [6.45, 7) is 2.46. The number of nitrogens with zero attached hydrogens (tertiary/aromatic N) is 5. The van der Waals surface area contributed by atoms with Gasteiger partial charge in [-0.1, -0.05) is 30.0 Å². The van der Waals surface area contributed by atoms with Crippen molar-refractivity contribution >= 4 is 45.8 Å². The molecule has 0 bridgehead atoms. The first kappa shape index (κ1) is 25.6. The monoisotopic (exact) mass is 543 g/mol. The third-order valence-corrected chi connectivity index (χ3v) is 7.07. The van der Waals surface area contributed by atoms with Gasteiger partial charge in [0.25, 0.3) is 0 Å². The summed E-state index contributed by atoms with van der Waals surface area (Å²) in [5.41, 5.74) is 1.54. The number of fused-ring (bicyclic) bond motifs is 1. The lowest BCUT2D eigenvalue weighted by Crippen LogP contribution is -2.47. The minimum Gasteiger partial charge on any atom is -0.368 e. The number of pyridine rings is 1. The molecule has 1 fully saturated rings. The zero-order valence-corrected chi connectivity index (χ0v) is 20.9. The number of rotatable bonds is 8. The van der Waals surface area contributed by atoms with Gasteiger partial charge in [-0.15, -0.1) is 0 Å². The van der Waals surface area contributed by atoms with E-state index in [4.69, 9.17) is 0 Å².